The Labute approximate surface area is 92.3 Å². The lowest BCUT2D eigenvalue weighted by Crippen LogP contribution is -2.45. The number of aliphatic hydroxyl groups is 1. The summed E-state index contributed by atoms with van der Waals surface area (Å²) in [5.41, 5.74) is 4.37. The molecule has 0 fully saturated rings. The number of rotatable bonds is 6. The molecule has 0 aliphatic heterocycles. The number of hydrogen-bond acceptors (Lipinski definition) is 4. The van der Waals surface area contributed by atoms with Crippen molar-refractivity contribution in [3.63, 3.8) is 0 Å². The van der Waals surface area contributed by atoms with E-state index in [1.165, 1.54) is 11.4 Å². The first-order chi connectivity index (χ1) is 6.65. The normalized spacial score (nSPS) is 15.7. The molecule has 0 radical (unpaired) electrons. The molecule has 3 N–H and O–H groups in total. The van der Waals surface area contributed by atoms with Crippen molar-refractivity contribution in [1.82, 2.24) is 4.31 Å². The summed E-state index contributed by atoms with van der Waals surface area (Å²) in [6.45, 7) is 5.11. The molecule has 5 nitrogen and oxygen atoms in total. The number of nitrogens with two attached hydrogens (primary N) is 1. The molecule has 0 rings (SSSR count). The molecule has 92 valence electrons. The van der Waals surface area contributed by atoms with Gasteiger partial charge in [0.05, 0.1) is 10.9 Å². The van der Waals surface area contributed by atoms with Gasteiger partial charge >= 0.3 is 0 Å². The standard InChI is InChI=1S/C9H22N2O3S/c1-5-8(6-10)15(13,14)11(4)7-9(2,3)12/h8,12H,5-7,10H2,1-4H3. The van der Waals surface area contributed by atoms with E-state index < -0.39 is 20.9 Å². The Morgan fingerprint density at radius 1 is 1.47 bits per heavy atom. The van der Waals surface area contributed by atoms with Gasteiger partial charge in [0.25, 0.3) is 0 Å². The van der Waals surface area contributed by atoms with Crippen molar-refractivity contribution in [3.8, 4) is 0 Å². The molecule has 0 aromatic rings. The van der Waals surface area contributed by atoms with Crippen LogP contribution in [0.5, 0.6) is 0 Å². The maximum atomic E-state index is 11.9. The summed E-state index contributed by atoms with van der Waals surface area (Å²) < 4.78 is 25.0. The summed E-state index contributed by atoms with van der Waals surface area (Å²) in [5, 5.41) is 8.98. The van der Waals surface area contributed by atoms with Gasteiger partial charge in [-0.3, -0.25) is 0 Å². The number of sulfonamides is 1. The van der Waals surface area contributed by atoms with Crippen molar-refractivity contribution in [2.45, 2.75) is 38.0 Å². The number of hydrogen-bond donors (Lipinski definition) is 2. The fraction of sp³-hybridized carbons (Fsp3) is 1.00. The molecule has 0 aromatic carbocycles. The molecular formula is C9H22N2O3S. The minimum Gasteiger partial charge on any atom is -0.389 e. The Morgan fingerprint density at radius 3 is 2.20 bits per heavy atom. The zero-order chi connectivity index (χ0) is 12.3. The largest absolute Gasteiger partial charge is 0.389 e. The summed E-state index contributed by atoms with van der Waals surface area (Å²) in [5.74, 6) is 0. The smallest absolute Gasteiger partial charge is 0.218 e. The van der Waals surface area contributed by atoms with Crippen LogP contribution < -0.4 is 5.73 Å². The van der Waals surface area contributed by atoms with Crippen molar-refractivity contribution in [1.29, 1.82) is 0 Å². The van der Waals surface area contributed by atoms with Crippen molar-refractivity contribution in [2.24, 2.45) is 5.73 Å². The molecule has 0 saturated carbocycles. The molecule has 0 heterocycles. The van der Waals surface area contributed by atoms with Gasteiger partial charge in [-0.25, -0.2) is 12.7 Å². The van der Waals surface area contributed by atoms with Crippen LogP contribution in [0.4, 0.5) is 0 Å². The summed E-state index contributed by atoms with van der Waals surface area (Å²) in [6.07, 6.45) is 0.481. The third kappa shape index (κ3) is 4.46. The van der Waals surface area contributed by atoms with Crippen LogP contribution in [0.15, 0.2) is 0 Å². The summed E-state index contributed by atoms with van der Waals surface area (Å²) in [7, 11) is -1.92. The van der Waals surface area contributed by atoms with Crippen LogP contribution in [0.3, 0.4) is 0 Å². The Hall–Kier alpha value is -0.170. The van der Waals surface area contributed by atoms with Crippen LogP contribution in [-0.2, 0) is 10.0 Å². The van der Waals surface area contributed by atoms with Gasteiger partial charge in [0, 0.05) is 20.1 Å². The summed E-state index contributed by atoms with van der Waals surface area (Å²) >= 11 is 0. The Balaban J connectivity index is 4.73. The minimum absolute atomic E-state index is 0.0752. The third-order valence-corrected chi connectivity index (χ3v) is 4.55. The van der Waals surface area contributed by atoms with Crippen molar-refractivity contribution < 1.29 is 13.5 Å². The molecule has 0 saturated heterocycles. The second-order valence-corrected chi connectivity index (χ2v) is 6.70. The van der Waals surface area contributed by atoms with Gasteiger partial charge in [-0.1, -0.05) is 6.92 Å². The predicted octanol–water partition coefficient (Wildman–Crippen LogP) is -0.244. The van der Waals surface area contributed by atoms with Gasteiger partial charge in [0.2, 0.25) is 10.0 Å². The Bertz CT molecular complexity index is 278. The van der Waals surface area contributed by atoms with Gasteiger partial charge < -0.3 is 10.8 Å². The van der Waals surface area contributed by atoms with E-state index in [-0.39, 0.29) is 13.1 Å². The molecule has 0 bridgehead atoms. The van der Waals surface area contributed by atoms with Crippen LogP contribution in [0.25, 0.3) is 0 Å². The van der Waals surface area contributed by atoms with Crippen molar-refractivity contribution in [3.05, 3.63) is 0 Å². The first kappa shape index (κ1) is 14.8. The van der Waals surface area contributed by atoms with Crippen LogP contribution in [0.1, 0.15) is 27.2 Å². The van der Waals surface area contributed by atoms with Crippen LogP contribution in [0.2, 0.25) is 0 Å². The van der Waals surface area contributed by atoms with E-state index in [4.69, 9.17) is 5.73 Å². The molecular weight excluding hydrogens is 216 g/mol. The van der Waals surface area contributed by atoms with Crippen LogP contribution in [-0.4, -0.2) is 48.8 Å². The molecule has 6 heteroatoms. The molecule has 0 aliphatic carbocycles. The summed E-state index contributed by atoms with van der Waals surface area (Å²) in [4.78, 5) is 0. The lowest BCUT2D eigenvalue weighted by atomic mass is 10.1. The van der Waals surface area contributed by atoms with Gasteiger partial charge in [0.1, 0.15) is 0 Å². The van der Waals surface area contributed by atoms with E-state index in [0.717, 1.165) is 0 Å². The topological polar surface area (TPSA) is 83.6 Å². The SMILES string of the molecule is CCC(CN)S(=O)(=O)N(C)CC(C)(C)O. The van der Waals surface area contributed by atoms with Crippen LogP contribution in [0, 0.1) is 0 Å². The highest BCUT2D eigenvalue weighted by atomic mass is 32.2. The highest BCUT2D eigenvalue weighted by Gasteiger charge is 2.30. The average molecular weight is 238 g/mol. The maximum absolute atomic E-state index is 11.9. The quantitative estimate of drug-likeness (QED) is 0.669. The van der Waals surface area contributed by atoms with Gasteiger partial charge in [-0.15, -0.1) is 0 Å². The molecule has 0 aromatic heterocycles. The zero-order valence-corrected chi connectivity index (χ0v) is 10.7. The zero-order valence-electron chi connectivity index (χ0n) is 9.90. The number of likely N-dealkylation sites (N-methyl/N-ethyl adjacent to an activating group) is 1. The lowest BCUT2D eigenvalue weighted by molar-refractivity contribution is 0.0637. The fourth-order valence-corrected chi connectivity index (χ4v) is 3.06. The predicted molar refractivity (Wildman–Crippen MR) is 61.0 cm³/mol. The molecule has 0 aliphatic rings. The highest BCUT2D eigenvalue weighted by molar-refractivity contribution is 7.89. The second kappa shape index (κ2) is 5.25. The van der Waals surface area contributed by atoms with E-state index in [0.29, 0.717) is 6.42 Å². The van der Waals surface area contributed by atoms with Crippen molar-refractivity contribution >= 4 is 10.0 Å². The van der Waals surface area contributed by atoms with E-state index >= 15 is 0 Å². The van der Waals surface area contributed by atoms with Gasteiger partial charge in [-0.2, -0.15) is 0 Å². The highest BCUT2D eigenvalue weighted by Crippen LogP contribution is 2.13. The fourth-order valence-electron chi connectivity index (χ4n) is 1.39. The van der Waals surface area contributed by atoms with E-state index in [1.807, 2.05) is 0 Å². The molecule has 0 amide bonds. The van der Waals surface area contributed by atoms with Crippen molar-refractivity contribution in [2.75, 3.05) is 20.1 Å². The first-order valence-electron chi connectivity index (χ1n) is 5.02. The molecule has 0 spiro atoms. The van der Waals surface area contributed by atoms with E-state index in [2.05, 4.69) is 0 Å². The molecule has 1 atom stereocenters. The lowest BCUT2D eigenvalue weighted by Gasteiger charge is -2.28. The molecule has 15 heavy (non-hydrogen) atoms. The Morgan fingerprint density at radius 2 is 1.93 bits per heavy atom. The first-order valence-corrected chi connectivity index (χ1v) is 6.53. The van der Waals surface area contributed by atoms with Gasteiger partial charge in [0.15, 0.2) is 0 Å². The minimum atomic E-state index is -3.39. The Kier molecular flexibility index (Phi) is 5.19. The van der Waals surface area contributed by atoms with E-state index in [1.54, 1.807) is 20.8 Å². The summed E-state index contributed by atoms with van der Waals surface area (Å²) in [6, 6.07) is 0. The maximum Gasteiger partial charge on any atom is 0.218 e. The average Bonchev–Trinajstić information content (AvgIpc) is 2.02. The van der Waals surface area contributed by atoms with Gasteiger partial charge in [-0.05, 0) is 20.3 Å². The number of nitrogens with zero attached hydrogens (tertiary/aromatic N) is 1. The third-order valence-electron chi connectivity index (χ3n) is 2.18. The van der Waals surface area contributed by atoms with Crippen LogP contribution >= 0.6 is 0 Å². The molecule has 1 unspecified atom stereocenters. The van der Waals surface area contributed by atoms with E-state index in [9.17, 15) is 13.5 Å². The monoisotopic (exact) mass is 238 g/mol. The second-order valence-electron chi connectivity index (χ2n) is 4.38.